The van der Waals surface area contributed by atoms with E-state index < -0.39 is 0 Å². The molecule has 0 bridgehead atoms. The Balaban J connectivity index is 3.88. The van der Waals surface area contributed by atoms with Gasteiger partial charge in [-0.05, 0) is 19.9 Å². The summed E-state index contributed by atoms with van der Waals surface area (Å²) in [5.74, 6) is 0.973. The number of allylic oxidation sites excluding steroid dienone is 4. The molecule has 0 aromatic heterocycles. The van der Waals surface area contributed by atoms with Crippen molar-refractivity contribution >= 4 is 0 Å². The number of ether oxygens (including phenoxy) is 1. The lowest BCUT2D eigenvalue weighted by atomic mass is 10.3. The molecule has 0 saturated carbocycles. The van der Waals surface area contributed by atoms with E-state index in [1.54, 1.807) is 6.08 Å². The van der Waals surface area contributed by atoms with Crippen LogP contribution in [0, 0.1) is 0 Å². The van der Waals surface area contributed by atoms with Crippen LogP contribution < -0.4 is 0 Å². The van der Waals surface area contributed by atoms with Crippen molar-refractivity contribution in [1.82, 2.24) is 0 Å². The third kappa shape index (κ3) is 5.46. The lowest BCUT2D eigenvalue weighted by Crippen LogP contribution is -1.89. The Morgan fingerprint density at radius 1 is 1.55 bits per heavy atom. The van der Waals surface area contributed by atoms with Gasteiger partial charge in [0, 0.05) is 6.42 Å². The second kappa shape index (κ2) is 7.13. The zero-order valence-corrected chi connectivity index (χ0v) is 7.34. The molecule has 0 spiro atoms. The Morgan fingerprint density at radius 2 is 2.27 bits per heavy atom. The van der Waals surface area contributed by atoms with Crippen molar-refractivity contribution in [2.45, 2.75) is 20.3 Å². The van der Waals surface area contributed by atoms with Gasteiger partial charge >= 0.3 is 0 Å². The van der Waals surface area contributed by atoms with Crippen molar-refractivity contribution in [2.24, 2.45) is 0 Å². The first-order chi connectivity index (χ1) is 5.35. The fraction of sp³-hybridized carbons (Fsp3) is 0.400. The van der Waals surface area contributed by atoms with E-state index in [1.165, 1.54) is 0 Å². The molecular formula is C10H16O. The summed E-state index contributed by atoms with van der Waals surface area (Å²) in [4.78, 5) is 0. The molecule has 0 fully saturated rings. The molecule has 0 radical (unpaired) electrons. The van der Waals surface area contributed by atoms with Crippen LogP contribution in [-0.4, -0.2) is 6.61 Å². The zero-order valence-electron chi connectivity index (χ0n) is 7.34. The highest BCUT2D eigenvalue weighted by atomic mass is 16.5. The second-order valence-electron chi connectivity index (χ2n) is 2.07. The first kappa shape index (κ1) is 10.0. The average molecular weight is 152 g/mol. The van der Waals surface area contributed by atoms with Gasteiger partial charge in [-0.2, -0.15) is 0 Å². The fourth-order valence-corrected chi connectivity index (χ4v) is 0.726. The van der Waals surface area contributed by atoms with E-state index in [0.717, 1.165) is 18.8 Å². The van der Waals surface area contributed by atoms with Crippen molar-refractivity contribution in [3.05, 3.63) is 36.6 Å². The van der Waals surface area contributed by atoms with E-state index >= 15 is 0 Å². The van der Waals surface area contributed by atoms with Gasteiger partial charge in [0.1, 0.15) is 0 Å². The van der Waals surface area contributed by atoms with E-state index in [-0.39, 0.29) is 0 Å². The van der Waals surface area contributed by atoms with Crippen molar-refractivity contribution in [1.29, 1.82) is 0 Å². The minimum atomic E-state index is 0.719. The van der Waals surface area contributed by atoms with Gasteiger partial charge in [0.15, 0.2) is 0 Å². The molecule has 0 atom stereocenters. The first-order valence-corrected chi connectivity index (χ1v) is 3.90. The standard InChI is InChI=1S/C10H16O/c1-4-7-9-10(8-5-2)11-6-3/h4-5,7-8H,2,6,9H2,1,3H3/b7-4-,10-8-. The van der Waals surface area contributed by atoms with E-state index in [9.17, 15) is 0 Å². The maximum Gasteiger partial charge on any atom is 0.0996 e. The van der Waals surface area contributed by atoms with Crippen LogP contribution in [0.15, 0.2) is 36.6 Å². The molecule has 0 unspecified atom stereocenters. The van der Waals surface area contributed by atoms with Crippen LogP contribution in [0.4, 0.5) is 0 Å². The minimum Gasteiger partial charge on any atom is -0.498 e. The molecule has 0 aliphatic heterocycles. The minimum absolute atomic E-state index is 0.719. The second-order valence-corrected chi connectivity index (χ2v) is 2.07. The number of hydrogen-bond acceptors (Lipinski definition) is 1. The van der Waals surface area contributed by atoms with Crippen molar-refractivity contribution in [3.63, 3.8) is 0 Å². The molecule has 1 heteroatoms. The third-order valence-corrected chi connectivity index (χ3v) is 1.19. The Kier molecular flexibility index (Phi) is 6.50. The van der Waals surface area contributed by atoms with Gasteiger partial charge in [-0.1, -0.05) is 24.8 Å². The molecular weight excluding hydrogens is 136 g/mol. The molecule has 0 amide bonds. The predicted octanol–water partition coefficient (Wildman–Crippen LogP) is 3.06. The van der Waals surface area contributed by atoms with Gasteiger partial charge in [-0.15, -0.1) is 0 Å². The Morgan fingerprint density at radius 3 is 2.73 bits per heavy atom. The SMILES string of the molecule is C=C/C=C(/C/C=C\C)OCC. The van der Waals surface area contributed by atoms with Gasteiger partial charge in [0.05, 0.1) is 12.4 Å². The van der Waals surface area contributed by atoms with Crippen molar-refractivity contribution in [3.8, 4) is 0 Å². The van der Waals surface area contributed by atoms with E-state index in [1.807, 2.05) is 26.0 Å². The first-order valence-electron chi connectivity index (χ1n) is 3.90. The average Bonchev–Trinajstić information content (AvgIpc) is 2.01. The maximum absolute atomic E-state index is 5.32. The van der Waals surface area contributed by atoms with Gasteiger partial charge in [0.2, 0.25) is 0 Å². The quantitative estimate of drug-likeness (QED) is 0.334. The summed E-state index contributed by atoms with van der Waals surface area (Å²) < 4.78 is 5.32. The molecule has 11 heavy (non-hydrogen) atoms. The molecule has 0 saturated heterocycles. The summed E-state index contributed by atoms with van der Waals surface area (Å²) in [7, 11) is 0. The van der Waals surface area contributed by atoms with Crippen LogP contribution in [0.3, 0.4) is 0 Å². The molecule has 0 heterocycles. The monoisotopic (exact) mass is 152 g/mol. The highest BCUT2D eigenvalue weighted by Crippen LogP contribution is 2.04. The van der Waals surface area contributed by atoms with E-state index in [0.29, 0.717) is 0 Å². The van der Waals surface area contributed by atoms with Gasteiger partial charge in [0.25, 0.3) is 0 Å². The predicted molar refractivity (Wildman–Crippen MR) is 49.3 cm³/mol. The van der Waals surface area contributed by atoms with Gasteiger partial charge in [-0.25, -0.2) is 0 Å². The van der Waals surface area contributed by atoms with Crippen LogP contribution in [0.5, 0.6) is 0 Å². The summed E-state index contributed by atoms with van der Waals surface area (Å²) in [6.07, 6.45) is 8.56. The fourth-order valence-electron chi connectivity index (χ4n) is 0.726. The maximum atomic E-state index is 5.32. The highest BCUT2D eigenvalue weighted by Gasteiger charge is 1.90. The molecule has 0 aromatic rings. The topological polar surface area (TPSA) is 9.23 Å². The Hall–Kier alpha value is -0.980. The highest BCUT2D eigenvalue weighted by molar-refractivity contribution is 5.07. The molecule has 0 N–H and O–H groups in total. The molecule has 0 aromatic carbocycles. The van der Waals surface area contributed by atoms with Crippen molar-refractivity contribution in [2.75, 3.05) is 6.61 Å². The lowest BCUT2D eigenvalue weighted by molar-refractivity contribution is 0.224. The Labute approximate surface area is 69.1 Å². The van der Waals surface area contributed by atoms with Crippen molar-refractivity contribution < 1.29 is 4.74 Å². The van der Waals surface area contributed by atoms with Crippen LogP contribution >= 0.6 is 0 Å². The van der Waals surface area contributed by atoms with E-state index in [2.05, 4.69) is 12.7 Å². The summed E-state index contributed by atoms with van der Waals surface area (Å²) in [6, 6.07) is 0. The number of rotatable bonds is 5. The molecule has 1 nitrogen and oxygen atoms in total. The van der Waals surface area contributed by atoms with Gasteiger partial charge < -0.3 is 4.74 Å². The molecule has 62 valence electrons. The summed E-state index contributed by atoms with van der Waals surface area (Å²) in [6.45, 7) is 8.31. The van der Waals surface area contributed by atoms with Gasteiger partial charge in [-0.3, -0.25) is 0 Å². The summed E-state index contributed by atoms with van der Waals surface area (Å²) >= 11 is 0. The normalized spacial score (nSPS) is 12.0. The zero-order chi connectivity index (χ0) is 8.53. The summed E-state index contributed by atoms with van der Waals surface area (Å²) in [5, 5.41) is 0. The Bertz CT molecular complexity index is 154. The lowest BCUT2D eigenvalue weighted by Gasteiger charge is -2.03. The van der Waals surface area contributed by atoms with E-state index in [4.69, 9.17) is 4.74 Å². The van der Waals surface area contributed by atoms with Crippen LogP contribution in [0.2, 0.25) is 0 Å². The molecule has 0 aliphatic carbocycles. The summed E-state index contributed by atoms with van der Waals surface area (Å²) in [5.41, 5.74) is 0. The molecule has 0 rings (SSSR count). The number of hydrogen-bond donors (Lipinski definition) is 0. The molecule has 0 aliphatic rings. The third-order valence-electron chi connectivity index (χ3n) is 1.19. The van der Waals surface area contributed by atoms with Crippen LogP contribution in [0.1, 0.15) is 20.3 Å². The van der Waals surface area contributed by atoms with Crippen LogP contribution in [0.25, 0.3) is 0 Å². The smallest absolute Gasteiger partial charge is 0.0996 e. The van der Waals surface area contributed by atoms with Crippen LogP contribution in [-0.2, 0) is 4.74 Å². The largest absolute Gasteiger partial charge is 0.498 e.